The second-order valence-corrected chi connectivity index (χ2v) is 10.0. The number of benzene rings is 3. The van der Waals surface area contributed by atoms with Gasteiger partial charge in [-0.3, -0.25) is 0 Å². The largest absolute Gasteiger partial charge is 0.542 e. The van der Waals surface area contributed by atoms with Gasteiger partial charge in [-0.2, -0.15) is 13.2 Å². The molecule has 3 aromatic rings. The molecule has 0 amide bonds. The average Bonchev–Trinajstić information content (AvgIpc) is 3.03. The molecule has 0 aliphatic rings. The van der Waals surface area contributed by atoms with E-state index in [2.05, 4.69) is 0 Å². The quantitative estimate of drug-likeness (QED) is 0.264. The van der Waals surface area contributed by atoms with Crippen molar-refractivity contribution >= 4 is 16.9 Å². The van der Waals surface area contributed by atoms with Gasteiger partial charge in [-0.25, -0.2) is 0 Å². The third-order valence-corrected chi connectivity index (χ3v) is 8.29. The minimum absolute atomic E-state index is 0.527. The van der Waals surface area contributed by atoms with Crippen molar-refractivity contribution in [3.63, 3.8) is 0 Å². The topological polar surface area (TPSA) is 123 Å². The molecule has 0 heterocycles. The van der Waals surface area contributed by atoms with Crippen LogP contribution in [0.3, 0.4) is 0 Å². The van der Waals surface area contributed by atoms with Crippen molar-refractivity contribution in [2.75, 3.05) is 64.0 Å². The summed E-state index contributed by atoms with van der Waals surface area (Å²) in [7, 11) is 13.2. The summed E-state index contributed by atoms with van der Waals surface area (Å²) in [5.41, 5.74) is 0. The van der Waals surface area contributed by atoms with Crippen molar-refractivity contribution in [3.8, 4) is 51.7 Å². The highest BCUT2D eigenvalue weighted by Gasteiger charge is 2.46. The normalized spacial score (nSPS) is 10.7. The number of aliphatic carboxylic acids is 1. The second kappa shape index (κ2) is 15.8. The van der Waals surface area contributed by atoms with Gasteiger partial charge in [0.15, 0.2) is 34.5 Å². The highest BCUT2D eigenvalue weighted by Crippen LogP contribution is 2.55. The Morgan fingerprint density at radius 1 is 0.500 bits per heavy atom. The van der Waals surface area contributed by atoms with Gasteiger partial charge in [-0.1, -0.05) is 0 Å². The molecular formula is C29H33F3O11S. The summed E-state index contributed by atoms with van der Waals surface area (Å²) in [4.78, 5) is 10.9. The fourth-order valence-corrected chi connectivity index (χ4v) is 6.50. The van der Waals surface area contributed by atoms with Crippen LogP contribution < -0.4 is 47.7 Å². The first-order valence-corrected chi connectivity index (χ1v) is 13.5. The fraction of sp³-hybridized carbons (Fsp3) is 0.345. The minimum atomic E-state index is -5.19. The summed E-state index contributed by atoms with van der Waals surface area (Å²) in [6.07, 6.45) is -5.19. The number of methoxy groups -OCH3 is 9. The number of hydrogen-bond donors (Lipinski definition) is 0. The zero-order valence-corrected chi connectivity index (χ0v) is 26.3. The van der Waals surface area contributed by atoms with Gasteiger partial charge >= 0.3 is 6.18 Å². The third kappa shape index (κ3) is 7.89. The first-order chi connectivity index (χ1) is 20.9. The molecule has 0 atom stereocenters. The summed E-state index contributed by atoms with van der Waals surface area (Å²) in [6.45, 7) is 0. The van der Waals surface area contributed by atoms with Crippen LogP contribution in [0.2, 0.25) is 0 Å². The summed E-state index contributed by atoms with van der Waals surface area (Å²) >= 11 is 0. The minimum Gasteiger partial charge on any atom is -0.542 e. The van der Waals surface area contributed by atoms with E-state index in [1.54, 1.807) is 100 Å². The van der Waals surface area contributed by atoms with E-state index in [-0.39, 0.29) is 0 Å². The Balaban J connectivity index is 0.000000860. The molecule has 11 nitrogen and oxygen atoms in total. The van der Waals surface area contributed by atoms with E-state index >= 15 is 0 Å². The Labute approximate surface area is 255 Å². The Kier molecular flexibility index (Phi) is 12.8. The van der Waals surface area contributed by atoms with E-state index in [9.17, 15) is 13.2 Å². The van der Waals surface area contributed by atoms with Crippen LogP contribution in [0.4, 0.5) is 13.2 Å². The van der Waals surface area contributed by atoms with Crippen molar-refractivity contribution in [1.82, 2.24) is 0 Å². The van der Waals surface area contributed by atoms with Gasteiger partial charge in [0.25, 0.3) is 14.7 Å². The average molecular weight is 647 g/mol. The molecule has 15 heteroatoms. The molecule has 0 aliphatic carbocycles. The lowest BCUT2D eigenvalue weighted by Gasteiger charge is -2.21. The standard InChI is InChI=1S/C27H33O9S.C2HF3O2/c1-28-16-10-19(31-4)25(20(11-16)32-5)37(26-21(33-6)12-17(29-2)13-22(26)34-7)27-23(35-8)14-18(30-3)15-24(27)36-9;3-2(4,5)1(6)7/h10-15H,1-9H3;(H,6,7)/q+1;/p-1. The Hall–Kier alpha value is -4.53. The Bertz CT molecular complexity index is 1200. The number of carbonyl (C=O) groups is 1. The molecule has 3 rings (SSSR count). The number of ether oxygens (including phenoxy) is 9. The van der Waals surface area contributed by atoms with Crippen molar-refractivity contribution in [1.29, 1.82) is 0 Å². The van der Waals surface area contributed by atoms with Gasteiger partial charge in [0, 0.05) is 36.4 Å². The zero-order chi connectivity index (χ0) is 33.2. The number of hydrogen-bond acceptors (Lipinski definition) is 11. The van der Waals surface area contributed by atoms with E-state index in [4.69, 9.17) is 52.5 Å². The number of carboxylic acid groups (broad SMARTS) is 1. The first kappa shape index (κ1) is 35.7. The molecule has 0 N–H and O–H groups in total. The van der Waals surface area contributed by atoms with Crippen LogP contribution in [0.15, 0.2) is 51.1 Å². The zero-order valence-electron chi connectivity index (χ0n) is 25.5. The molecule has 3 aromatic carbocycles. The van der Waals surface area contributed by atoms with Crippen molar-refractivity contribution in [3.05, 3.63) is 36.4 Å². The van der Waals surface area contributed by atoms with Gasteiger partial charge in [0.05, 0.1) is 64.0 Å². The smallest absolute Gasteiger partial charge is 0.430 e. The molecule has 0 spiro atoms. The molecule has 0 aromatic heterocycles. The van der Waals surface area contributed by atoms with Gasteiger partial charge < -0.3 is 52.5 Å². The molecule has 0 fully saturated rings. The van der Waals surface area contributed by atoms with Crippen LogP contribution in [0, 0.1) is 0 Å². The molecule has 242 valence electrons. The van der Waals surface area contributed by atoms with Gasteiger partial charge in [-0.05, 0) is 0 Å². The van der Waals surface area contributed by atoms with Gasteiger partial charge in [-0.15, -0.1) is 0 Å². The molecule has 0 saturated heterocycles. The predicted molar refractivity (Wildman–Crippen MR) is 152 cm³/mol. The molecule has 0 aliphatic heterocycles. The van der Waals surface area contributed by atoms with E-state index in [0.29, 0.717) is 66.4 Å². The van der Waals surface area contributed by atoms with Crippen LogP contribution in [-0.2, 0) is 15.7 Å². The number of rotatable bonds is 12. The lowest BCUT2D eigenvalue weighted by Crippen LogP contribution is -2.37. The van der Waals surface area contributed by atoms with Crippen molar-refractivity contribution in [2.24, 2.45) is 0 Å². The summed E-state index contributed by atoms with van der Waals surface area (Å²) in [6, 6.07) is 10.8. The second-order valence-electron chi connectivity index (χ2n) is 8.17. The Morgan fingerprint density at radius 2 is 0.682 bits per heavy atom. The van der Waals surface area contributed by atoms with E-state index in [0.717, 1.165) is 0 Å². The van der Waals surface area contributed by atoms with Crippen LogP contribution in [0.1, 0.15) is 0 Å². The summed E-state index contributed by atoms with van der Waals surface area (Å²) < 4.78 is 83.3. The number of carboxylic acids is 1. The molecule has 0 saturated carbocycles. The summed E-state index contributed by atoms with van der Waals surface area (Å²) in [5, 5.41) is 8.78. The molecule has 0 unspecified atom stereocenters. The number of carbonyl (C=O) groups excluding carboxylic acids is 1. The molecule has 0 radical (unpaired) electrons. The van der Waals surface area contributed by atoms with E-state index in [1.807, 2.05) is 0 Å². The molecular weight excluding hydrogens is 613 g/mol. The van der Waals surface area contributed by atoms with Crippen LogP contribution >= 0.6 is 0 Å². The lowest BCUT2D eigenvalue weighted by molar-refractivity contribution is -0.344. The number of halogens is 3. The highest BCUT2D eigenvalue weighted by atomic mass is 32.2. The SMILES string of the molecule is COc1cc(OC)c([S+](c2c(OC)cc(OC)cc2OC)c2c(OC)cc(OC)cc2OC)c(OC)c1.O=C([O-])C(F)(F)F. The van der Waals surface area contributed by atoms with Crippen molar-refractivity contribution in [2.45, 2.75) is 20.9 Å². The first-order valence-electron chi connectivity index (χ1n) is 12.3. The van der Waals surface area contributed by atoms with Gasteiger partial charge in [0.1, 0.15) is 34.1 Å². The van der Waals surface area contributed by atoms with Crippen LogP contribution in [-0.4, -0.2) is 76.1 Å². The van der Waals surface area contributed by atoms with Crippen LogP contribution in [0.5, 0.6) is 51.7 Å². The fourth-order valence-electron chi connectivity index (χ4n) is 3.83. The maximum atomic E-state index is 10.5. The maximum Gasteiger partial charge on any atom is 0.430 e. The highest BCUT2D eigenvalue weighted by molar-refractivity contribution is 7.97. The monoisotopic (exact) mass is 646 g/mol. The van der Waals surface area contributed by atoms with Crippen molar-refractivity contribution < 1.29 is 65.7 Å². The predicted octanol–water partition coefficient (Wildman–Crippen LogP) is 4.16. The Morgan fingerprint density at radius 3 is 0.795 bits per heavy atom. The third-order valence-electron chi connectivity index (χ3n) is 5.85. The van der Waals surface area contributed by atoms with Crippen LogP contribution in [0.25, 0.3) is 0 Å². The van der Waals surface area contributed by atoms with E-state index in [1.165, 1.54) is 0 Å². The maximum absolute atomic E-state index is 10.5. The number of alkyl halides is 3. The summed E-state index contributed by atoms with van der Waals surface area (Å²) in [5.74, 6) is 1.87. The molecule has 44 heavy (non-hydrogen) atoms. The lowest BCUT2D eigenvalue weighted by atomic mass is 10.3. The molecule has 0 bridgehead atoms. The van der Waals surface area contributed by atoms with E-state index < -0.39 is 23.0 Å². The van der Waals surface area contributed by atoms with Gasteiger partial charge in [0.2, 0.25) is 0 Å².